The first-order chi connectivity index (χ1) is 12.9. The molecule has 1 heterocycles. The van der Waals surface area contributed by atoms with Crippen molar-refractivity contribution in [3.8, 4) is 0 Å². The van der Waals surface area contributed by atoms with Crippen LogP contribution in [-0.4, -0.2) is 48.5 Å². The zero-order valence-corrected chi connectivity index (χ0v) is 19.9. The Morgan fingerprint density at radius 2 is 1.86 bits per heavy atom. The first-order valence-electron chi connectivity index (χ1n) is 9.89. The fourth-order valence-electron chi connectivity index (χ4n) is 2.87. The number of hydrogen-bond donors (Lipinski definition) is 2. The lowest BCUT2D eigenvalue weighted by atomic mass is 10.1. The molecule has 0 saturated carbocycles. The molecule has 1 fully saturated rings. The van der Waals surface area contributed by atoms with Crippen LogP contribution in [0.1, 0.15) is 51.7 Å². The largest absolute Gasteiger partial charge is 0.371 e. The van der Waals surface area contributed by atoms with Crippen LogP contribution in [0.15, 0.2) is 29.3 Å². The van der Waals surface area contributed by atoms with Crippen LogP contribution in [0, 0.1) is 0 Å². The highest BCUT2D eigenvalue weighted by atomic mass is 127. The molecule has 2 rings (SSSR count). The van der Waals surface area contributed by atoms with E-state index in [0.717, 1.165) is 43.6 Å². The zero-order valence-electron chi connectivity index (χ0n) is 17.6. The van der Waals surface area contributed by atoms with Gasteiger partial charge in [0.2, 0.25) is 5.91 Å². The lowest BCUT2D eigenvalue weighted by Crippen LogP contribution is -2.44. The second-order valence-corrected chi connectivity index (χ2v) is 7.86. The Morgan fingerprint density at radius 3 is 2.50 bits per heavy atom. The average molecular weight is 502 g/mol. The summed E-state index contributed by atoms with van der Waals surface area (Å²) in [6, 6.07) is 8.28. The summed E-state index contributed by atoms with van der Waals surface area (Å²) in [6.07, 6.45) is 2.21. The van der Waals surface area contributed by atoms with Crippen LogP contribution in [0.3, 0.4) is 0 Å². The molecule has 0 bridgehead atoms. The number of aliphatic imine (C=N–C) groups is 1. The van der Waals surface area contributed by atoms with E-state index in [1.807, 2.05) is 17.9 Å². The van der Waals surface area contributed by atoms with Gasteiger partial charge in [-0.25, -0.2) is 4.99 Å². The van der Waals surface area contributed by atoms with Gasteiger partial charge in [0.05, 0.1) is 25.3 Å². The molecule has 0 radical (unpaired) electrons. The van der Waals surface area contributed by atoms with Crippen molar-refractivity contribution >= 4 is 35.8 Å². The number of halogens is 1. The molecule has 1 amide bonds. The molecule has 28 heavy (non-hydrogen) atoms. The Balaban J connectivity index is 0.00000392. The highest BCUT2D eigenvalue weighted by Crippen LogP contribution is 2.13. The third-order valence-electron chi connectivity index (χ3n) is 4.29. The monoisotopic (exact) mass is 502 g/mol. The van der Waals surface area contributed by atoms with E-state index in [4.69, 9.17) is 4.74 Å². The molecule has 158 valence electrons. The highest BCUT2D eigenvalue weighted by Gasteiger charge is 2.17. The number of ether oxygens (including phenoxy) is 1. The number of benzene rings is 1. The predicted molar refractivity (Wildman–Crippen MR) is 125 cm³/mol. The summed E-state index contributed by atoms with van der Waals surface area (Å²) < 4.78 is 5.85. The molecule has 6 nitrogen and oxygen atoms in total. The summed E-state index contributed by atoms with van der Waals surface area (Å²) in [6.45, 7) is 12.1. The number of carbonyl (C=O) groups excluding carboxylic acids is 1. The Morgan fingerprint density at radius 1 is 1.18 bits per heavy atom. The van der Waals surface area contributed by atoms with Crippen molar-refractivity contribution in [1.82, 2.24) is 15.5 Å². The maximum absolute atomic E-state index is 12.2. The Bertz CT molecular complexity index is 638. The minimum Gasteiger partial charge on any atom is -0.371 e. The van der Waals surface area contributed by atoms with Crippen molar-refractivity contribution in [2.75, 3.05) is 26.2 Å². The van der Waals surface area contributed by atoms with Crippen molar-refractivity contribution in [2.24, 2.45) is 4.99 Å². The minimum atomic E-state index is -0.155. The Kier molecular flexibility index (Phi) is 10.8. The number of amides is 1. The van der Waals surface area contributed by atoms with Crippen molar-refractivity contribution < 1.29 is 9.53 Å². The van der Waals surface area contributed by atoms with Crippen molar-refractivity contribution in [2.45, 2.75) is 59.3 Å². The van der Waals surface area contributed by atoms with Gasteiger partial charge in [-0.1, -0.05) is 24.3 Å². The second-order valence-electron chi connectivity index (χ2n) is 7.86. The first-order valence-corrected chi connectivity index (χ1v) is 9.89. The van der Waals surface area contributed by atoms with Crippen LogP contribution < -0.4 is 10.6 Å². The van der Waals surface area contributed by atoms with Crippen molar-refractivity contribution in [1.29, 1.82) is 0 Å². The molecule has 0 aliphatic carbocycles. The number of carbonyl (C=O) groups is 1. The number of nitrogens with zero attached hydrogens (tertiary/aromatic N) is 2. The summed E-state index contributed by atoms with van der Waals surface area (Å²) in [4.78, 5) is 18.7. The smallest absolute Gasteiger partial charge is 0.241 e. The van der Waals surface area contributed by atoms with E-state index >= 15 is 0 Å². The molecule has 1 aromatic carbocycles. The molecule has 0 atom stereocenters. The summed E-state index contributed by atoms with van der Waals surface area (Å²) in [5, 5.41) is 6.35. The van der Waals surface area contributed by atoms with Gasteiger partial charge in [0, 0.05) is 19.6 Å². The van der Waals surface area contributed by atoms with Gasteiger partial charge in [-0.3, -0.25) is 4.79 Å². The normalized spacial score (nSPS) is 14.6. The summed E-state index contributed by atoms with van der Waals surface area (Å²) in [5.41, 5.74) is 2.10. The molecule has 1 saturated heterocycles. The first kappa shape index (κ1) is 24.7. The molecule has 0 aromatic heterocycles. The minimum absolute atomic E-state index is 0. The van der Waals surface area contributed by atoms with E-state index in [0.29, 0.717) is 19.1 Å². The summed E-state index contributed by atoms with van der Waals surface area (Å²) in [5.74, 6) is 0.806. The maximum Gasteiger partial charge on any atom is 0.241 e. The van der Waals surface area contributed by atoms with E-state index in [1.165, 1.54) is 0 Å². The molecule has 0 unspecified atom stereocenters. The van der Waals surface area contributed by atoms with Crippen molar-refractivity contribution in [3.63, 3.8) is 0 Å². The van der Waals surface area contributed by atoms with Gasteiger partial charge in [-0.15, -0.1) is 24.0 Å². The molecule has 1 aromatic rings. The fourth-order valence-corrected chi connectivity index (χ4v) is 2.87. The van der Waals surface area contributed by atoms with E-state index in [9.17, 15) is 4.79 Å². The second kappa shape index (κ2) is 12.3. The standard InChI is InChI=1S/C21H34N4O2.HI/c1-5-22-20(24-15-19(26)25-11-6-7-12-25)23-14-17-9-8-10-18(13-17)16-27-21(2,3)4;/h8-10,13H,5-7,11-12,14-16H2,1-4H3,(H2,22,23,24);1H. The topological polar surface area (TPSA) is 66.0 Å². The molecular weight excluding hydrogens is 467 g/mol. The van der Waals surface area contributed by atoms with Gasteiger partial charge < -0.3 is 20.3 Å². The molecule has 1 aliphatic rings. The third kappa shape index (κ3) is 9.23. The Hall–Kier alpha value is -1.35. The van der Waals surface area contributed by atoms with Gasteiger partial charge in [0.1, 0.15) is 0 Å². The summed E-state index contributed by atoms with van der Waals surface area (Å²) in [7, 11) is 0. The van der Waals surface area contributed by atoms with E-state index in [2.05, 4.69) is 54.6 Å². The molecule has 2 N–H and O–H groups in total. The molecule has 0 spiro atoms. The van der Waals surface area contributed by atoms with E-state index in [-0.39, 0.29) is 42.0 Å². The van der Waals surface area contributed by atoms with Gasteiger partial charge in [-0.2, -0.15) is 0 Å². The highest BCUT2D eigenvalue weighted by molar-refractivity contribution is 14.0. The van der Waals surface area contributed by atoms with Crippen LogP contribution in [0.25, 0.3) is 0 Å². The lowest BCUT2D eigenvalue weighted by Gasteiger charge is -2.19. The number of nitrogens with one attached hydrogen (secondary N) is 2. The maximum atomic E-state index is 12.2. The lowest BCUT2D eigenvalue weighted by molar-refractivity contribution is -0.128. The number of rotatable bonds is 7. The molecular formula is C21H35IN4O2. The van der Waals surface area contributed by atoms with Gasteiger partial charge in [0.25, 0.3) is 0 Å². The van der Waals surface area contributed by atoms with Crippen molar-refractivity contribution in [3.05, 3.63) is 35.4 Å². The van der Waals surface area contributed by atoms with E-state index < -0.39 is 0 Å². The van der Waals surface area contributed by atoms with Gasteiger partial charge in [-0.05, 0) is 51.7 Å². The number of hydrogen-bond acceptors (Lipinski definition) is 3. The van der Waals surface area contributed by atoms with Crippen LogP contribution in [-0.2, 0) is 22.7 Å². The average Bonchev–Trinajstić information content (AvgIpc) is 3.17. The molecule has 1 aliphatic heterocycles. The van der Waals surface area contributed by atoms with Crippen LogP contribution in [0.4, 0.5) is 0 Å². The Labute approximate surface area is 186 Å². The number of guanidine groups is 1. The predicted octanol–water partition coefficient (Wildman–Crippen LogP) is 3.30. The quantitative estimate of drug-likeness (QED) is 0.341. The number of likely N-dealkylation sites (tertiary alicyclic amines) is 1. The van der Waals surface area contributed by atoms with Crippen LogP contribution in [0.2, 0.25) is 0 Å². The zero-order chi connectivity index (χ0) is 19.7. The third-order valence-corrected chi connectivity index (χ3v) is 4.29. The van der Waals surface area contributed by atoms with Gasteiger partial charge in [0.15, 0.2) is 5.96 Å². The fraction of sp³-hybridized carbons (Fsp3) is 0.619. The molecule has 7 heteroatoms. The SMILES string of the molecule is CCNC(=NCc1cccc(COC(C)(C)C)c1)NCC(=O)N1CCCC1.I. The van der Waals surface area contributed by atoms with Gasteiger partial charge >= 0.3 is 0 Å². The summed E-state index contributed by atoms with van der Waals surface area (Å²) >= 11 is 0. The van der Waals surface area contributed by atoms with E-state index in [1.54, 1.807) is 0 Å². The van der Waals surface area contributed by atoms with Crippen LogP contribution in [0.5, 0.6) is 0 Å². The van der Waals surface area contributed by atoms with Crippen LogP contribution >= 0.6 is 24.0 Å².